The van der Waals surface area contributed by atoms with Crippen molar-refractivity contribution in [2.24, 2.45) is 5.73 Å². The lowest BCUT2D eigenvalue weighted by atomic mass is 10.1. The highest BCUT2D eigenvalue weighted by Crippen LogP contribution is 2.17. The van der Waals surface area contributed by atoms with Crippen LogP contribution in [0.1, 0.15) is 21.5 Å². The SMILES string of the molecule is NCc1c(N)cccc1CNC(=O)c1ccc(Cl)c(F)c1. The number of hydrogen-bond acceptors (Lipinski definition) is 3. The number of carbonyl (C=O) groups is 1. The maximum atomic E-state index is 13.3. The van der Waals surface area contributed by atoms with Crippen molar-refractivity contribution in [3.63, 3.8) is 0 Å². The van der Waals surface area contributed by atoms with Crippen LogP contribution in [0, 0.1) is 5.82 Å². The van der Waals surface area contributed by atoms with Crippen LogP contribution < -0.4 is 16.8 Å². The molecule has 0 atom stereocenters. The molecule has 0 bridgehead atoms. The summed E-state index contributed by atoms with van der Waals surface area (Å²) in [4.78, 5) is 12.0. The van der Waals surface area contributed by atoms with Crippen molar-refractivity contribution < 1.29 is 9.18 Å². The lowest BCUT2D eigenvalue weighted by Crippen LogP contribution is -2.24. The quantitative estimate of drug-likeness (QED) is 0.759. The van der Waals surface area contributed by atoms with Gasteiger partial charge in [-0.1, -0.05) is 23.7 Å². The van der Waals surface area contributed by atoms with Gasteiger partial charge >= 0.3 is 0 Å². The maximum Gasteiger partial charge on any atom is 0.251 e. The van der Waals surface area contributed by atoms with Gasteiger partial charge in [0.15, 0.2) is 0 Å². The van der Waals surface area contributed by atoms with Gasteiger partial charge in [0, 0.05) is 24.3 Å². The number of benzene rings is 2. The molecule has 0 aliphatic heterocycles. The van der Waals surface area contributed by atoms with E-state index in [9.17, 15) is 9.18 Å². The first-order chi connectivity index (χ1) is 10.0. The third-order valence-electron chi connectivity index (χ3n) is 3.13. The predicted octanol–water partition coefficient (Wildman–Crippen LogP) is 2.45. The van der Waals surface area contributed by atoms with Crippen LogP contribution in [0.5, 0.6) is 0 Å². The van der Waals surface area contributed by atoms with Crippen LogP contribution >= 0.6 is 11.6 Å². The fraction of sp³-hybridized carbons (Fsp3) is 0.133. The number of carbonyl (C=O) groups excluding carboxylic acids is 1. The molecule has 5 N–H and O–H groups in total. The fourth-order valence-corrected chi connectivity index (χ4v) is 2.10. The number of anilines is 1. The Morgan fingerprint density at radius 2 is 2.05 bits per heavy atom. The fourth-order valence-electron chi connectivity index (χ4n) is 1.98. The molecule has 0 saturated carbocycles. The average molecular weight is 308 g/mol. The minimum Gasteiger partial charge on any atom is -0.398 e. The van der Waals surface area contributed by atoms with E-state index in [0.717, 1.165) is 17.2 Å². The minimum absolute atomic E-state index is 0.0206. The number of halogens is 2. The highest BCUT2D eigenvalue weighted by atomic mass is 35.5. The van der Waals surface area contributed by atoms with Crippen LogP contribution in [0.3, 0.4) is 0 Å². The Bertz CT molecular complexity index is 676. The summed E-state index contributed by atoms with van der Waals surface area (Å²) in [5.74, 6) is -1.02. The van der Waals surface area contributed by atoms with E-state index in [2.05, 4.69) is 5.32 Å². The Balaban J connectivity index is 2.11. The van der Waals surface area contributed by atoms with Crippen molar-refractivity contribution in [3.05, 3.63) is 63.9 Å². The van der Waals surface area contributed by atoms with Crippen LogP contribution in [0.2, 0.25) is 5.02 Å². The normalized spacial score (nSPS) is 10.4. The van der Waals surface area contributed by atoms with Crippen molar-refractivity contribution in [2.75, 3.05) is 5.73 Å². The predicted molar refractivity (Wildman–Crippen MR) is 81.3 cm³/mol. The molecular formula is C15H15ClFN3O. The molecule has 0 radical (unpaired) electrons. The van der Waals surface area contributed by atoms with Gasteiger partial charge in [0.2, 0.25) is 0 Å². The summed E-state index contributed by atoms with van der Waals surface area (Å²) in [5, 5.41) is 2.68. The molecule has 1 amide bonds. The Morgan fingerprint density at radius 3 is 2.71 bits per heavy atom. The molecule has 6 heteroatoms. The van der Waals surface area contributed by atoms with Crippen molar-refractivity contribution in [1.29, 1.82) is 0 Å². The molecule has 21 heavy (non-hydrogen) atoms. The lowest BCUT2D eigenvalue weighted by Gasteiger charge is -2.11. The lowest BCUT2D eigenvalue weighted by molar-refractivity contribution is 0.0950. The van der Waals surface area contributed by atoms with Gasteiger partial charge in [0.05, 0.1) is 5.02 Å². The summed E-state index contributed by atoms with van der Waals surface area (Å²) in [6.07, 6.45) is 0. The standard InChI is InChI=1S/C15H15ClFN3O/c16-12-5-4-9(6-13(12)17)15(21)20-8-10-2-1-3-14(19)11(10)7-18/h1-6H,7-8,18-19H2,(H,20,21). The molecule has 0 heterocycles. The van der Waals surface area contributed by atoms with E-state index in [1.807, 2.05) is 6.07 Å². The van der Waals surface area contributed by atoms with E-state index in [4.69, 9.17) is 23.1 Å². The van der Waals surface area contributed by atoms with Crippen LogP contribution in [0.4, 0.5) is 10.1 Å². The van der Waals surface area contributed by atoms with Crippen LogP contribution in [-0.2, 0) is 13.1 Å². The minimum atomic E-state index is -0.629. The summed E-state index contributed by atoms with van der Waals surface area (Å²) in [6, 6.07) is 9.28. The summed E-state index contributed by atoms with van der Waals surface area (Å²) in [6.45, 7) is 0.550. The number of nitrogens with one attached hydrogen (secondary N) is 1. The smallest absolute Gasteiger partial charge is 0.251 e. The summed E-state index contributed by atoms with van der Waals surface area (Å²) in [5.41, 5.74) is 13.9. The van der Waals surface area contributed by atoms with Crippen molar-refractivity contribution in [2.45, 2.75) is 13.1 Å². The highest BCUT2D eigenvalue weighted by Gasteiger charge is 2.10. The monoisotopic (exact) mass is 307 g/mol. The molecule has 0 aliphatic rings. The zero-order valence-electron chi connectivity index (χ0n) is 11.2. The molecule has 0 fully saturated rings. The van der Waals surface area contributed by atoms with E-state index in [-0.39, 0.29) is 23.7 Å². The van der Waals surface area contributed by atoms with Crippen molar-refractivity contribution in [1.82, 2.24) is 5.32 Å². The van der Waals surface area contributed by atoms with E-state index in [0.29, 0.717) is 5.69 Å². The maximum absolute atomic E-state index is 13.3. The molecule has 0 aliphatic carbocycles. The number of hydrogen-bond donors (Lipinski definition) is 3. The molecule has 0 spiro atoms. The van der Waals surface area contributed by atoms with Gasteiger partial charge in [-0.15, -0.1) is 0 Å². The van der Waals surface area contributed by atoms with Gasteiger partial charge in [0.25, 0.3) is 5.91 Å². The highest BCUT2D eigenvalue weighted by molar-refractivity contribution is 6.30. The van der Waals surface area contributed by atoms with Gasteiger partial charge in [-0.3, -0.25) is 4.79 Å². The zero-order valence-corrected chi connectivity index (χ0v) is 12.0. The Kier molecular flexibility index (Phi) is 4.77. The summed E-state index contributed by atoms with van der Waals surface area (Å²) < 4.78 is 13.3. The molecular weight excluding hydrogens is 293 g/mol. The third kappa shape index (κ3) is 3.51. The van der Waals surface area contributed by atoms with Gasteiger partial charge in [-0.05, 0) is 35.4 Å². The van der Waals surface area contributed by atoms with Crippen molar-refractivity contribution in [3.8, 4) is 0 Å². The summed E-state index contributed by atoms with van der Waals surface area (Å²) in [7, 11) is 0. The van der Waals surface area contributed by atoms with Crippen molar-refractivity contribution >= 4 is 23.2 Å². The van der Waals surface area contributed by atoms with Gasteiger partial charge < -0.3 is 16.8 Å². The second-order valence-electron chi connectivity index (χ2n) is 4.50. The molecule has 4 nitrogen and oxygen atoms in total. The molecule has 0 saturated heterocycles. The van der Waals surface area contributed by atoms with E-state index < -0.39 is 11.7 Å². The van der Waals surface area contributed by atoms with Crippen LogP contribution in [0.15, 0.2) is 36.4 Å². The van der Waals surface area contributed by atoms with Gasteiger partial charge in [-0.25, -0.2) is 4.39 Å². The Hall–Kier alpha value is -2.11. The number of rotatable bonds is 4. The molecule has 0 unspecified atom stereocenters. The van der Waals surface area contributed by atoms with Gasteiger partial charge in [0.1, 0.15) is 5.82 Å². The Labute approximate surface area is 126 Å². The molecule has 2 aromatic carbocycles. The number of nitrogen functional groups attached to an aromatic ring is 1. The van der Waals surface area contributed by atoms with E-state index in [1.54, 1.807) is 12.1 Å². The number of nitrogens with two attached hydrogens (primary N) is 2. The first kappa shape index (κ1) is 15.3. The molecule has 110 valence electrons. The topological polar surface area (TPSA) is 81.1 Å². The zero-order chi connectivity index (χ0) is 15.4. The van der Waals surface area contributed by atoms with Crippen LogP contribution in [-0.4, -0.2) is 5.91 Å². The first-order valence-corrected chi connectivity index (χ1v) is 6.70. The van der Waals surface area contributed by atoms with E-state index >= 15 is 0 Å². The second-order valence-corrected chi connectivity index (χ2v) is 4.91. The molecule has 0 aromatic heterocycles. The average Bonchev–Trinajstić information content (AvgIpc) is 2.47. The second kappa shape index (κ2) is 6.56. The Morgan fingerprint density at radius 1 is 1.29 bits per heavy atom. The molecule has 2 rings (SSSR count). The summed E-state index contributed by atoms with van der Waals surface area (Å²) >= 11 is 5.58. The largest absolute Gasteiger partial charge is 0.398 e. The molecule has 2 aromatic rings. The van der Waals surface area contributed by atoms with Crippen LogP contribution in [0.25, 0.3) is 0 Å². The number of amides is 1. The van der Waals surface area contributed by atoms with E-state index in [1.165, 1.54) is 12.1 Å². The van der Waals surface area contributed by atoms with Gasteiger partial charge in [-0.2, -0.15) is 0 Å². The third-order valence-corrected chi connectivity index (χ3v) is 3.44. The first-order valence-electron chi connectivity index (χ1n) is 6.32.